The molecule has 7 nitrogen and oxygen atoms in total. The molecule has 1 aliphatic heterocycles. The smallest absolute Gasteiger partial charge is 0.261 e. The van der Waals surface area contributed by atoms with Gasteiger partial charge in [0.15, 0.2) is 0 Å². The van der Waals surface area contributed by atoms with Crippen LogP contribution < -0.4 is 16.4 Å². The van der Waals surface area contributed by atoms with Crippen LogP contribution >= 0.6 is 11.3 Å². The number of hydrogen-bond donors (Lipinski definition) is 3. The van der Waals surface area contributed by atoms with Crippen molar-refractivity contribution in [2.24, 2.45) is 11.7 Å². The molecule has 0 radical (unpaired) electrons. The van der Waals surface area contributed by atoms with Crippen molar-refractivity contribution in [1.29, 1.82) is 0 Å². The molecule has 8 heteroatoms. The minimum absolute atomic E-state index is 0.0252. The van der Waals surface area contributed by atoms with E-state index in [0.717, 1.165) is 38.0 Å². The van der Waals surface area contributed by atoms with E-state index in [-0.39, 0.29) is 23.6 Å². The van der Waals surface area contributed by atoms with E-state index in [1.54, 1.807) is 19.1 Å². The van der Waals surface area contributed by atoms with Crippen molar-refractivity contribution in [3.63, 3.8) is 0 Å². The van der Waals surface area contributed by atoms with Gasteiger partial charge in [0.1, 0.15) is 6.04 Å². The summed E-state index contributed by atoms with van der Waals surface area (Å²) in [5.41, 5.74) is 7.16. The lowest BCUT2D eigenvalue weighted by Crippen LogP contribution is -2.41. The Bertz CT molecular complexity index is 861. The first-order valence-electron chi connectivity index (χ1n) is 9.68. The molecular weight excluding hydrogens is 388 g/mol. The summed E-state index contributed by atoms with van der Waals surface area (Å²) in [5, 5.41) is 7.39. The van der Waals surface area contributed by atoms with Gasteiger partial charge in [-0.1, -0.05) is 18.2 Å². The van der Waals surface area contributed by atoms with Gasteiger partial charge in [0.25, 0.3) is 5.91 Å². The summed E-state index contributed by atoms with van der Waals surface area (Å²) >= 11 is 1.33. The minimum Gasteiger partial charge on any atom is -0.369 e. The van der Waals surface area contributed by atoms with E-state index in [1.807, 2.05) is 29.6 Å². The second-order valence-corrected chi connectivity index (χ2v) is 8.26. The number of likely N-dealkylation sites (tertiary alicyclic amines) is 1. The van der Waals surface area contributed by atoms with Crippen LogP contribution in [0.1, 0.15) is 35.0 Å². The molecule has 29 heavy (non-hydrogen) atoms. The quantitative estimate of drug-likeness (QED) is 0.646. The van der Waals surface area contributed by atoms with Crippen LogP contribution in [0, 0.1) is 5.92 Å². The third-order valence-corrected chi connectivity index (χ3v) is 5.95. The zero-order chi connectivity index (χ0) is 20.8. The third-order valence-electron chi connectivity index (χ3n) is 5.08. The van der Waals surface area contributed by atoms with Gasteiger partial charge in [-0.05, 0) is 62.0 Å². The van der Waals surface area contributed by atoms with E-state index in [0.29, 0.717) is 10.6 Å². The first-order valence-corrected chi connectivity index (χ1v) is 10.6. The Labute approximate surface area is 174 Å². The van der Waals surface area contributed by atoms with Crippen molar-refractivity contribution in [2.75, 3.05) is 18.4 Å². The standard InChI is InChI=1S/C21H26N4O3S/c1-14(23-21(28)18-6-3-11-29-18)20(27)24-17-5-2-4-15(12-17)13-25-9-7-16(8-10-25)19(22)26/h2-6,11-12,14,16H,7-10,13H2,1H3,(H2,22,26)(H,23,28)(H,24,27). The molecule has 3 amide bonds. The number of primary amides is 1. The summed E-state index contributed by atoms with van der Waals surface area (Å²) in [6.45, 7) is 4.07. The number of hydrogen-bond acceptors (Lipinski definition) is 5. The largest absolute Gasteiger partial charge is 0.369 e. The number of nitrogens with two attached hydrogens (primary N) is 1. The Balaban J connectivity index is 1.52. The number of rotatable bonds is 7. The number of amides is 3. The fourth-order valence-corrected chi connectivity index (χ4v) is 4.00. The molecule has 0 saturated carbocycles. The summed E-state index contributed by atoms with van der Waals surface area (Å²) < 4.78 is 0. The van der Waals surface area contributed by atoms with E-state index in [4.69, 9.17) is 5.73 Å². The highest BCUT2D eigenvalue weighted by Gasteiger charge is 2.23. The average molecular weight is 415 g/mol. The van der Waals surface area contributed by atoms with Crippen LogP contribution in [0.5, 0.6) is 0 Å². The van der Waals surface area contributed by atoms with Crippen molar-refractivity contribution in [2.45, 2.75) is 32.4 Å². The Kier molecular flexibility index (Phi) is 7.00. The topological polar surface area (TPSA) is 105 Å². The third kappa shape index (κ3) is 5.88. The van der Waals surface area contributed by atoms with Gasteiger partial charge in [0.05, 0.1) is 4.88 Å². The lowest BCUT2D eigenvalue weighted by molar-refractivity contribution is -0.123. The van der Waals surface area contributed by atoms with Crippen LogP contribution in [-0.4, -0.2) is 41.8 Å². The molecule has 1 aliphatic rings. The normalized spacial score (nSPS) is 16.2. The number of carbonyl (C=O) groups excluding carboxylic acids is 3. The highest BCUT2D eigenvalue weighted by Crippen LogP contribution is 2.20. The number of thiophene rings is 1. The van der Waals surface area contributed by atoms with Crippen LogP contribution in [0.2, 0.25) is 0 Å². The van der Waals surface area contributed by atoms with Crippen molar-refractivity contribution in [1.82, 2.24) is 10.2 Å². The zero-order valence-corrected chi connectivity index (χ0v) is 17.2. The molecule has 0 aliphatic carbocycles. The number of nitrogens with one attached hydrogen (secondary N) is 2. The molecule has 3 rings (SSSR count). The maximum absolute atomic E-state index is 12.4. The monoisotopic (exact) mass is 414 g/mol. The number of carbonyl (C=O) groups is 3. The summed E-state index contributed by atoms with van der Waals surface area (Å²) in [7, 11) is 0. The Morgan fingerprint density at radius 2 is 1.97 bits per heavy atom. The van der Waals surface area contributed by atoms with Gasteiger partial charge in [-0.15, -0.1) is 11.3 Å². The van der Waals surface area contributed by atoms with Crippen LogP contribution in [0.25, 0.3) is 0 Å². The maximum Gasteiger partial charge on any atom is 0.261 e. The van der Waals surface area contributed by atoms with Crippen molar-refractivity contribution < 1.29 is 14.4 Å². The molecule has 1 unspecified atom stereocenters. The van der Waals surface area contributed by atoms with Gasteiger partial charge >= 0.3 is 0 Å². The van der Waals surface area contributed by atoms with Crippen molar-refractivity contribution >= 4 is 34.7 Å². The number of anilines is 1. The molecule has 1 atom stereocenters. The van der Waals surface area contributed by atoms with Gasteiger partial charge in [0, 0.05) is 18.2 Å². The lowest BCUT2D eigenvalue weighted by atomic mass is 9.96. The minimum atomic E-state index is -0.652. The zero-order valence-electron chi connectivity index (χ0n) is 16.4. The SMILES string of the molecule is CC(NC(=O)c1cccs1)C(=O)Nc1cccc(CN2CCC(C(N)=O)CC2)c1. The number of benzene rings is 1. The number of nitrogens with zero attached hydrogens (tertiary/aromatic N) is 1. The second-order valence-electron chi connectivity index (χ2n) is 7.31. The molecule has 154 valence electrons. The number of piperidine rings is 1. The van der Waals surface area contributed by atoms with E-state index in [1.165, 1.54) is 11.3 Å². The second kappa shape index (κ2) is 9.67. The fourth-order valence-electron chi connectivity index (χ4n) is 3.37. The van der Waals surface area contributed by atoms with Gasteiger partial charge < -0.3 is 16.4 Å². The molecular formula is C21H26N4O3S. The van der Waals surface area contributed by atoms with Gasteiger partial charge in [-0.25, -0.2) is 0 Å². The van der Waals surface area contributed by atoms with Crippen LogP contribution in [0.4, 0.5) is 5.69 Å². The molecule has 1 aromatic heterocycles. The van der Waals surface area contributed by atoms with Crippen LogP contribution in [0.15, 0.2) is 41.8 Å². The molecule has 0 bridgehead atoms. The lowest BCUT2D eigenvalue weighted by Gasteiger charge is -2.30. The summed E-state index contributed by atoms with van der Waals surface area (Å²) in [6.07, 6.45) is 1.57. The molecule has 2 aromatic rings. The molecule has 0 spiro atoms. The average Bonchev–Trinajstić information content (AvgIpc) is 3.23. The van der Waals surface area contributed by atoms with Gasteiger partial charge in [-0.2, -0.15) is 0 Å². The van der Waals surface area contributed by atoms with E-state index < -0.39 is 6.04 Å². The Hall–Kier alpha value is -2.71. The highest BCUT2D eigenvalue weighted by atomic mass is 32.1. The van der Waals surface area contributed by atoms with Gasteiger partial charge in [0.2, 0.25) is 11.8 Å². The first-order chi connectivity index (χ1) is 13.9. The highest BCUT2D eigenvalue weighted by molar-refractivity contribution is 7.12. The van der Waals surface area contributed by atoms with Crippen molar-refractivity contribution in [3.8, 4) is 0 Å². The summed E-state index contributed by atoms with van der Waals surface area (Å²) in [6, 6.07) is 10.5. The van der Waals surface area contributed by atoms with E-state index in [2.05, 4.69) is 15.5 Å². The predicted molar refractivity (Wildman–Crippen MR) is 114 cm³/mol. The molecule has 1 fully saturated rings. The van der Waals surface area contributed by atoms with Crippen LogP contribution in [0.3, 0.4) is 0 Å². The molecule has 2 heterocycles. The first kappa shape index (κ1) is 21.0. The van der Waals surface area contributed by atoms with E-state index in [9.17, 15) is 14.4 Å². The van der Waals surface area contributed by atoms with E-state index >= 15 is 0 Å². The Morgan fingerprint density at radius 3 is 2.62 bits per heavy atom. The molecule has 1 aromatic carbocycles. The maximum atomic E-state index is 12.4. The summed E-state index contributed by atoms with van der Waals surface area (Å²) in [4.78, 5) is 38.7. The van der Waals surface area contributed by atoms with Gasteiger partial charge in [-0.3, -0.25) is 19.3 Å². The summed E-state index contributed by atoms with van der Waals surface area (Å²) in [5.74, 6) is -0.762. The fraction of sp³-hybridized carbons (Fsp3) is 0.381. The Morgan fingerprint density at radius 1 is 1.21 bits per heavy atom. The van der Waals surface area contributed by atoms with Crippen molar-refractivity contribution in [3.05, 3.63) is 52.2 Å². The van der Waals surface area contributed by atoms with Crippen LogP contribution in [-0.2, 0) is 16.1 Å². The predicted octanol–water partition coefficient (Wildman–Crippen LogP) is 2.20. The molecule has 4 N–H and O–H groups in total. The molecule has 1 saturated heterocycles.